The Morgan fingerprint density at radius 2 is 2.05 bits per heavy atom. The lowest BCUT2D eigenvalue weighted by molar-refractivity contribution is 0.530. The highest BCUT2D eigenvalue weighted by Gasteiger charge is 2.38. The van der Waals surface area contributed by atoms with Crippen molar-refractivity contribution in [1.29, 1.82) is 0 Å². The molecule has 20 heavy (non-hydrogen) atoms. The van der Waals surface area contributed by atoms with Gasteiger partial charge < -0.3 is 5.32 Å². The van der Waals surface area contributed by atoms with Gasteiger partial charge in [0.15, 0.2) is 0 Å². The van der Waals surface area contributed by atoms with Crippen molar-refractivity contribution >= 4 is 21.4 Å². The molecular weight excluding hydrogens is 292 g/mol. The van der Waals surface area contributed by atoms with Crippen LogP contribution in [0.5, 0.6) is 0 Å². The summed E-state index contributed by atoms with van der Waals surface area (Å²) in [4.78, 5) is 2.36. The molecule has 0 radical (unpaired) electrons. The summed E-state index contributed by atoms with van der Waals surface area (Å²) in [5.41, 5.74) is 0.180. The second kappa shape index (κ2) is 5.75. The molecule has 1 aromatic rings. The summed E-state index contributed by atoms with van der Waals surface area (Å²) in [5.74, 6) is 0. The maximum absolute atomic E-state index is 12.4. The number of thiophene rings is 1. The molecule has 0 amide bonds. The van der Waals surface area contributed by atoms with Crippen molar-refractivity contribution in [2.24, 2.45) is 5.41 Å². The normalized spacial score (nSPS) is 17.6. The zero-order valence-corrected chi connectivity index (χ0v) is 14.2. The van der Waals surface area contributed by atoms with Crippen molar-refractivity contribution in [3.63, 3.8) is 0 Å². The van der Waals surface area contributed by atoms with Gasteiger partial charge in [-0.2, -0.15) is 0 Å². The highest BCUT2D eigenvalue weighted by molar-refractivity contribution is 7.89. The third-order valence-corrected chi connectivity index (χ3v) is 6.40. The Balaban J connectivity index is 2.06. The monoisotopic (exact) mass is 316 g/mol. The molecule has 0 atom stereocenters. The van der Waals surface area contributed by atoms with Crippen molar-refractivity contribution in [1.82, 2.24) is 10.0 Å². The van der Waals surface area contributed by atoms with Gasteiger partial charge in [0, 0.05) is 28.9 Å². The summed E-state index contributed by atoms with van der Waals surface area (Å²) in [6.07, 6.45) is 2.23. The highest BCUT2D eigenvalue weighted by atomic mass is 32.2. The maximum Gasteiger partial charge on any atom is 0.241 e. The molecule has 0 spiro atoms. The fraction of sp³-hybridized carbons (Fsp3) is 0.714. The number of aryl methyl sites for hydroxylation is 1. The largest absolute Gasteiger partial charge is 0.310 e. The van der Waals surface area contributed by atoms with Gasteiger partial charge in [-0.25, -0.2) is 13.1 Å². The molecule has 0 saturated heterocycles. The van der Waals surface area contributed by atoms with Crippen LogP contribution < -0.4 is 10.0 Å². The van der Waals surface area contributed by atoms with Gasteiger partial charge in [0.2, 0.25) is 10.0 Å². The lowest BCUT2D eigenvalue weighted by atomic mass is 10.2. The summed E-state index contributed by atoms with van der Waals surface area (Å²) >= 11 is 1.55. The standard InChI is InChI=1S/C14H24N2O2S2/c1-10(2)15-8-12-7-13(11(3)19-12)20(17,18)16-9-14(4)5-6-14/h7,10,15-16H,5-6,8-9H2,1-4H3. The first kappa shape index (κ1) is 15.9. The summed E-state index contributed by atoms with van der Waals surface area (Å²) in [6.45, 7) is 9.41. The lowest BCUT2D eigenvalue weighted by Crippen LogP contribution is -2.29. The van der Waals surface area contributed by atoms with Crippen LogP contribution >= 0.6 is 11.3 Å². The van der Waals surface area contributed by atoms with Crippen molar-refractivity contribution in [2.45, 2.75) is 58.0 Å². The van der Waals surface area contributed by atoms with Crippen LogP contribution in [0.4, 0.5) is 0 Å². The molecule has 6 heteroatoms. The Labute approximate surface area is 126 Å². The molecule has 1 heterocycles. The molecule has 1 saturated carbocycles. The molecule has 0 unspecified atom stereocenters. The summed E-state index contributed by atoms with van der Waals surface area (Å²) in [5, 5.41) is 3.32. The van der Waals surface area contributed by atoms with Gasteiger partial charge >= 0.3 is 0 Å². The highest BCUT2D eigenvalue weighted by Crippen LogP contribution is 2.44. The van der Waals surface area contributed by atoms with Crippen molar-refractivity contribution < 1.29 is 8.42 Å². The van der Waals surface area contributed by atoms with E-state index in [2.05, 4.69) is 30.8 Å². The zero-order chi connectivity index (χ0) is 15.0. The SMILES string of the molecule is Cc1sc(CNC(C)C)cc1S(=O)(=O)NCC1(C)CC1. The molecule has 1 fully saturated rings. The molecule has 0 aromatic carbocycles. The molecule has 4 nitrogen and oxygen atoms in total. The van der Waals surface area contributed by atoms with Gasteiger partial charge in [0.05, 0.1) is 4.90 Å². The van der Waals surface area contributed by atoms with Gasteiger partial charge in [0.1, 0.15) is 0 Å². The molecule has 1 aliphatic carbocycles. The minimum Gasteiger partial charge on any atom is -0.310 e. The second-order valence-electron chi connectivity index (χ2n) is 6.30. The van der Waals surface area contributed by atoms with Crippen LogP contribution in [0.3, 0.4) is 0 Å². The number of hydrogen-bond acceptors (Lipinski definition) is 4. The zero-order valence-electron chi connectivity index (χ0n) is 12.6. The van der Waals surface area contributed by atoms with Gasteiger partial charge in [-0.05, 0) is 31.2 Å². The third kappa shape index (κ3) is 4.04. The van der Waals surface area contributed by atoms with E-state index in [1.807, 2.05) is 6.92 Å². The Bertz CT molecular complexity index is 572. The van der Waals surface area contributed by atoms with Crippen LogP contribution in [0.1, 0.15) is 43.4 Å². The number of sulfonamides is 1. The summed E-state index contributed by atoms with van der Waals surface area (Å²) < 4.78 is 27.5. The molecule has 114 valence electrons. The Morgan fingerprint density at radius 1 is 1.40 bits per heavy atom. The first-order valence-electron chi connectivity index (χ1n) is 7.04. The van der Waals surface area contributed by atoms with E-state index in [1.165, 1.54) is 0 Å². The van der Waals surface area contributed by atoms with Gasteiger partial charge in [-0.15, -0.1) is 11.3 Å². The van der Waals surface area contributed by atoms with E-state index in [0.717, 1.165) is 29.1 Å². The third-order valence-electron chi connectivity index (χ3n) is 3.69. The number of nitrogens with one attached hydrogen (secondary N) is 2. The van der Waals surface area contributed by atoms with E-state index in [9.17, 15) is 8.42 Å². The quantitative estimate of drug-likeness (QED) is 0.813. The van der Waals surface area contributed by atoms with Gasteiger partial charge in [0.25, 0.3) is 0 Å². The molecule has 0 bridgehead atoms. The van der Waals surface area contributed by atoms with E-state index in [0.29, 0.717) is 17.5 Å². The molecule has 1 aliphatic rings. The Morgan fingerprint density at radius 3 is 2.60 bits per heavy atom. The van der Waals surface area contributed by atoms with E-state index < -0.39 is 10.0 Å². The van der Waals surface area contributed by atoms with Crippen molar-refractivity contribution in [3.05, 3.63) is 15.8 Å². The van der Waals surface area contributed by atoms with Crippen LogP contribution in [-0.4, -0.2) is 21.0 Å². The molecule has 0 aliphatic heterocycles. The average molecular weight is 316 g/mol. The van der Waals surface area contributed by atoms with Crippen LogP contribution in [0.15, 0.2) is 11.0 Å². The number of hydrogen-bond donors (Lipinski definition) is 2. The fourth-order valence-corrected chi connectivity index (χ4v) is 4.70. The first-order chi connectivity index (χ1) is 9.22. The smallest absolute Gasteiger partial charge is 0.241 e. The minimum atomic E-state index is -3.37. The molecule has 2 rings (SSSR count). The molecule has 1 aromatic heterocycles. The fourth-order valence-electron chi connectivity index (χ4n) is 1.92. The summed E-state index contributed by atoms with van der Waals surface area (Å²) in [7, 11) is -3.37. The van der Waals surface area contributed by atoms with Crippen LogP contribution in [0.25, 0.3) is 0 Å². The Kier molecular flexibility index (Phi) is 4.59. The number of rotatable bonds is 7. The maximum atomic E-state index is 12.4. The summed E-state index contributed by atoms with van der Waals surface area (Å²) in [6, 6.07) is 2.19. The first-order valence-corrected chi connectivity index (χ1v) is 9.34. The molecule has 2 N–H and O–H groups in total. The Hall–Kier alpha value is -0.430. The van der Waals surface area contributed by atoms with Crippen molar-refractivity contribution in [3.8, 4) is 0 Å². The predicted molar refractivity (Wildman–Crippen MR) is 83.6 cm³/mol. The van der Waals surface area contributed by atoms with E-state index >= 15 is 0 Å². The minimum absolute atomic E-state index is 0.180. The lowest BCUT2D eigenvalue weighted by Gasteiger charge is -2.10. The van der Waals surface area contributed by atoms with Crippen molar-refractivity contribution in [2.75, 3.05) is 6.54 Å². The van der Waals surface area contributed by atoms with Gasteiger partial charge in [-0.1, -0.05) is 20.8 Å². The predicted octanol–water partition coefficient (Wildman–Crippen LogP) is 2.63. The van der Waals surface area contributed by atoms with Gasteiger partial charge in [-0.3, -0.25) is 0 Å². The topological polar surface area (TPSA) is 58.2 Å². The average Bonchev–Trinajstić information content (AvgIpc) is 2.96. The van der Waals surface area contributed by atoms with E-state index in [4.69, 9.17) is 0 Å². The second-order valence-corrected chi connectivity index (χ2v) is 9.38. The molecular formula is C14H24N2O2S2. The van der Waals surface area contributed by atoms with Crippen LogP contribution in [-0.2, 0) is 16.6 Å². The van der Waals surface area contributed by atoms with E-state index in [-0.39, 0.29) is 5.41 Å². The van der Waals surface area contributed by atoms with Crippen LogP contribution in [0.2, 0.25) is 0 Å². The van der Waals surface area contributed by atoms with Crippen LogP contribution in [0, 0.1) is 12.3 Å². The van der Waals surface area contributed by atoms with E-state index in [1.54, 1.807) is 17.4 Å².